The van der Waals surface area contributed by atoms with Crippen LogP contribution in [0.1, 0.15) is 46.8 Å². The highest BCUT2D eigenvalue weighted by Gasteiger charge is 2.31. The van der Waals surface area contributed by atoms with Crippen molar-refractivity contribution in [3.63, 3.8) is 0 Å². The van der Waals surface area contributed by atoms with Gasteiger partial charge in [0.25, 0.3) is 0 Å². The number of alkyl halides is 3. The van der Waals surface area contributed by atoms with Crippen LogP contribution in [0.3, 0.4) is 0 Å². The van der Waals surface area contributed by atoms with Gasteiger partial charge in [0.2, 0.25) is 5.91 Å². The fraction of sp³-hybridized carbons (Fsp3) is 0.259. The number of hydrogen-bond donors (Lipinski definition) is 2. The Bertz CT molecular complexity index is 1510. The molecule has 0 saturated carbocycles. The van der Waals surface area contributed by atoms with Crippen LogP contribution in [0.4, 0.5) is 17.6 Å². The molecular formula is C27H24F4N2O4. The summed E-state index contributed by atoms with van der Waals surface area (Å²) in [5, 5.41) is 9.92. The Hall–Kier alpha value is -4.08. The maximum atomic E-state index is 14.7. The lowest BCUT2D eigenvalue weighted by Gasteiger charge is -2.14. The second-order valence-corrected chi connectivity index (χ2v) is 8.73. The highest BCUT2D eigenvalue weighted by atomic mass is 19.4. The Morgan fingerprint density at radius 3 is 2.46 bits per heavy atom. The highest BCUT2D eigenvalue weighted by Crippen LogP contribution is 2.40. The summed E-state index contributed by atoms with van der Waals surface area (Å²) in [4.78, 5) is 23.6. The van der Waals surface area contributed by atoms with Crippen LogP contribution < -0.4 is 10.5 Å². The Kier molecular flexibility index (Phi) is 7.11. The number of carbonyl (C=O) groups excluding carboxylic acids is 1. The quantitative estimate of drug-likeness (QED) is 0.271. The highest BCUT2D eigenvalue weighted by molar-refractivity contribution is 6.20. The monoisotopic (exact) mass is 516 g/mol. The summed E-state index contributed by atoms with van der Waals surface area (Å²) >= 11 is 0. The Labute approximate surface area is 209 Å². The number of carboxylic acids is 1. The number of unbranched alkanes of at least 4 members (excludes halogenated alkanes) is 1. The zero-order chi connectivity index (χ0) is 26.9. The number of nitrogens with two attached hydrogens (primary N) is 1. The minimum atomic E-state index is -4.66. The molecule has 4 aromatic rings. The maximum Gasteiger partial charge on any atom is 0.416 e. The van der Waals surface area contributed by atoms with E-state index in [0.717, 1.165) is 30.5 Å². The molecule has 0 saturated heterocycles. The van der Waals surface area contributed by atoms with Gasteiger partial charge >= 0.3 is 12.1 Å². The Morgan fingerprint density at radius 1 is 1.05 bits per heavy atom. The molecule has 0 radical (unpaired) electrons. The normalized spacial score (nSPS) is 11.8. The van der Waals surface area contributed by atoms with Crippen molar-refractivity contribution in [2.75, 3.05) is 6.61 Å². The first kappa shape index (κ1) is 26.0. The van der Waals surface area contributed by atoms with Crippen LogP contribution in [0.15, 0.2) is 48.5 Å². The second-order valence-electron chi connectivity index (χ2n) is 8.73. The van der Waals surface area contributed by atoms with E-state index in [9.17, 15) is 32.3 Å². The van der Waals surface area contributed by atoms with Crippen LogP contribution >= 0.6 is 0 Å². The number of hydrogen-bond acceptors (Lipinski definition) is 3. The average molecular weight is 516 g/mol. The second kappa shape index (κ2) is 10.1. The van der Waals surface area contributed by atoms with Crippen molar-refractivity contribution >= 4 is 33.7 Å². The molecule has 37 heavy (non-hydrogen) atoms. The average Bonchev–Trinajstić information content (AvgIpc) is 3.15. The van der Waals surface area contributed by atoms with Gasteiger partial charge in [0.1, 0.15) is 11.6 Å². The lowest BCUT2D eigenvalue weighted by atomic mass is 10.0. The van der Waals surface area contributed by atoms with Gasteiger partial charge in [-0.25, -0.2) is 9.18 Å². The molecule has 3 N–H and O–H groups in total. The van der Waals surface area contributed by atoms with Crippen molar-refractivity contribution in [1.29, 1.82) is 0 Å². The number of ether oxygens (including phenoxy) is 1. The van der Waals surface area contributed by atoms with E-state index in [1.807, 2.05) is 6.92 Å². The number of aromatic nitrogens is 1. The number of carboxylic acid groups (broad SMARTS) is 1. The molecule has 3 aromatic carbocycles. The predicted molar refractivity (Wildman–Crippen MR) is 130 cm³/mol. The van der Waals surface area contributed by atoms with Gasteiger partial charge in [-0.3, -0.25) is 4.79 Å². The summed E-state index contributed by atoms with van der Waals surface area (Å²) in [6.45, 7) is 1.07. The number of benzene rings is 3. The van der Waals surface area contributed by atoms with Crippen LogP contribution in [-0.4, -0.2) is 28.2 Å². The Morgan fingerprint density at radius 2 is 1.81 bits per heavy atom. The number of carbonyl (C=O) groups is 2. The van der Waals surface area contributed by atoms with Crippen molar-refractivity contribution in [2.45, 2.75) is 38.9 Å². The van der Waals surface area contributed by atoms with E-state index in [2.05, 4.69) is 0 Å². The van der Waals surface area contributed by atoms with Crippen LogP contribution in [-0.2, 0) is 23.9 Å². The van der Waals surface area contributed by atoms with Gasteiger partial charge in [-0.05, 0) is 60.9 Å². The molecule has 0 fully saturated rings. The van der Waals surface area contributed by atoms with Gasteiger partial charge in [0.05, 0.1) is 28.5 Å². The maximum absolute atomic E-state index is 14.7. The summed E-state index contributed by atoms with van der Waals surface area (Å²) < 4.78 is 62.0. The van der Waals surface area contributed by atoms with Crippen LogP contribution in [0.5, 0.6) is 5.75 Å². The fourth-order valence-corrected chi connectivity index (χ4v) is 4.47. The number of halogens is 4. The summed E-state index contributed by atoms with van der Waals surface area (Å²) in [6.07, 6.45) is -2.34. The zero-order valence-corrected chi connectivity index (χ0v) is 19.9. The molecule has 0 aliphatic rings. The molecule has 6 nitrogen and oxygen atoms in total. The lowest BCUT2D eigenvalue weighted by Crippen LogP contribution is -2.12. The number of aryl methyl sites for hydroxylation is 1. The van der Waals surface area contributed by atoms with E-state index in [0.29, 0.717) is 34.3 Å². The third-order valence-electron chi connectivity index (χ3n) is 6.15. The molecule has 1 aromatic heterocycles. The summed E-state index contributed by atoms with van der Waals surface area (Å²) in [5.74, 6) is -2.60. The molecule has 0 bridgehead atoms. The minimum Gasteiger partial charge on any atom is -0.481 e. The van der Waals surface area contributed by atoms with Crippen molar-refractivity contribution in [3.05, 3.63) is 76.6 Å². The molecule has 0 atom stereocenters. The molecule has 0 aliphatic carbocycles. The molecule has 10 heteroatoms. The van der Waals surface area contributed by atoms with Gasteiger partial charge in [-0.15, -0.1) is 0 Å². The predicted octanol–water partition coefficient (Wildman–Crippen LogP) is 5.91. The van der Waals surface area contributed by atoms with Gasteiger partial charge in [0.15, 0.2) is 6.61 Å². The van der Waals surface area contributed by atoms with E-state index in [4.69, 9.17) is 10.5 Å². The van der Waals surface area contributed by atoms with Gasteiger partial charge in [-0.1, -0.05) is 19.4 Å². The van der Waals surface area contributed by atoms with Crippen molar-refractivity contribution in [1.82, 2.24) is 4.57 Å². The van der Waals surface area contributed by atoms with Crippen molar-refractivity contribution < 1.29 is 37.0 Å². The van der Waals surface area contributed by atoms with E-state index in [1.165, 1.54) is 6.07 Å². The molecule has 194 valence electrons. The SMILES string of the molecule is CCCCc1cc(OCC(=O)O)c2c3c(C(N)=O)cccc3n(Cc3cc(C(F)(F)F)ccc3F)c2c1. The summed E-state index contributed by atoms with van der Waals surface area (Å²) in [7, 11) is 0. The zero-order valence-electron chi connectivity index (χ0n) is 19.9. The number of rotatable bonds is 9. The van der Waals surface area contributed by atoms with E-state index >= 15 is 0 Å². The first-order valence-electron chi connectivity index (χ1n) is 11.6. The van der Waals surface area contributed by atoms with Gasteiger partial charge < -0.3 is 20.1 Å². The third-order valence-corrected chi connectivity index (χ3v) is 6.15. The topological polar surface area (TPSA) is 94.6 Å². The van der Waals surface area contributed by atoms with Crippen LogP contribution in [0, 0.1) is 5.82 Å². The number of amides is 1. The van der Waals surface area contributed by atoms with Gasteiger partial charge in [-0.2, -0.15) is 13.2 Å². The minimum absolute atomic E-state index is 0.118. The molecular weight excluding hydrogens is 492 g/mol. The van der Waals surface area contributed by atoms with Gasteiger partial charge in [0, 0.05) is 16.5 Å². The van der Waals surface area contributed by atoms with E-state index in [-0.39, 0.29) is 23.4 Å². The van der Waals surface area contributed by atoms with Crippen LogP contribution in [0.2, 0.25) is 0 Å². The first-order chi connectivity index (χ1) is 17.5. The Balaban J connectivity index is 2.04. The fourth-order valence-electron chi connectivity index (χ4n) is 4.47. The number of nitrogens with zero attached hydrogens (tertiary/aromatic N) is 1. The third kappa shape index (κ3) is 5.23. The molecule has 4 rings (SSSR count). The molecule has 0 unspecified atom stereocenters. The molecule has 1 amide bonds. The smallest absolute Gasteiger partial charge is 0.416 e. The largest absolute Gasteiger partial charge is 0.481 e. The van der Waals surface area contributed by atoms with Crippen LogP contribution in [0.25, 0.3) is 21.8 Å². The number of primary amides is 1. The molecule has 0 aliphatic heterocycles. The summed E-state index contributed by atoms with van der Waals surface area (Å²) in [6, 6.07) is 10.4. The van der Waals surface area contributed by atoms with Crippen molar-refractivity contribution in [2.24, 2.45) is 5.73 Å². The standard InChI is InChI=1S/C27H24F4N2O4/c1-2-3-5-15-10-21-25(22(11-15)37-14-23(34)35)24-18(26(32)36)6-4-7-20(24)33(21)13-16-12-17(27(29,30)31)8-9-19(16)28/h4,6-12H,2-3,5,13-14H2,1H3,(H2,32,36)(H,34,35). The number of fused-ring (bicyclic) bond motifs is 3. The molecule has 1 heterocycles. The van der Waals surface area contributed by atoms with E-state index < -0.39 is 36.0 Å². The van der Waals surface area contributed by atoms with E-state index in [1.54, 1.807) is 28.8 Å². The first-order valence-corrected chi connectivity index (χ1v) is 11.6. The lowest BCUT2D eigenvalue weighted by molar-refractivity contribution is -0.139. The summed E-state index contributed by atoms with van der Waals surface area (Å²) in [5.41, 5.74) is 6.21. The number of aliphatic carboxylic acids is 1. The van der Waals surface area contributed by atoms with Crippen molar-refractivity contribution in [3.8, 4) is 5.75 Å². The molecule has 0 spiro atoms.